The number of nitrogens with zero attached hydrogens (tertiary/aromatic N) is 3. The molecule has 2 heterocycles. The van der Waals surface area contributed by atoms with E-state index in [1.54, 1.807) is 0 Å². The first-order chi connectivity index (χ1) is 11.2. The molecular formula is C18H22ClN3O. The summed E-state index contributed by atoms with van der Waals surface area (Å²) in [6.07, 6.45) is 2.40. The molecule has 23 heavy (non-hydrogen) atoms. The summed E-state index contributed by atoms with van der Waals surface area (Å²) in [6, 6.07) is 11.7. The molecule has 2 aromatic rings. The number of benzene rings is 1. The molecule has 1 aromatic heterocycles. The topological polar surface area (TPSA) is 28.5 Å². The van der Waals surface area contributed by atoms with Gasteiger partial charge in [0.1, 0.15) is 0 Å². The summed E-state index contributed by atoms with van der Waals surface area (Å²) in [6.45, 7) is 6.80. The molecule has 0 bridgehead atoms. The van der Waals surface area contributed by atoms with E-state index in [9.17, 15) is 4.79 Å². The predicted octanol–water partition coefficient (Wildman–Crippen LogP) is 2.84. The van der Waals surface area contributed by atoms with Gasteiger partial charge in [0.05, 0.1) is 6.42 Å². The largest absolute Gasteiger partial charge is 0.340 e. The van der Waals surface area contributed by atoms with Gasteiger partial charge >= 0.3 is 0 Å². The van der Waals surface area contributed by atoms with Crippen LogP contribution in [0.15, 0.2) is 42.6 Å². The fourth-order valence-corrected chi connectivity index (χ4v) is 3.20. The summed E-state index contributed by atoms with van der Waals surface area (Å²) in [5.74, 6) is 0.197. The molecule has 0 unspecified atom stereocenters. The molecule has 122 valence electrons. The van der Waals surface area contributed by atoms with Gasteiger partial charge < -0.3 is 14.4 Å². The quantitative estimate of drug-likeness (QED) is 0.862. The van der Waals surface area contributed by atoms with Gasteiger partial charge in [0.2, 0.25) is 5.91 Å². The average molecular weight is 332 g/mol. The Balaban J connectivity index is 1.69. The second-order valence-electron chi connectivity index (χ2n) is 5.84. The van der Waals surface area contributed by atoms with E-state index < -0.39 is 0 Å². The van der Waals surface area contributed by atoms with Crippen molar-refractivity contribution in [3.63, 3.8) is 0 Å². The van der Waals surface area contributed by atoms with Crippen LogP contribution in [-0.4, -0.2) is 53.0 Å². The van der Waals surface area contributed by atoms with Crippen LogP contribution < -0.4 is 0 Å². The first-order valence-corrected chi connectivity index (χ1v) is 8.47. The number of likely N-dealkylation sites (N-methyl/N-ethyl adjacent to an activating group) is 1. The van der Waals surface area contributed by atoms with Crippen molar-refractivity contribution in [2.75, 3.05) is 32.7 Å². The Bertz CT molecular complexity index is 674. The maximum absolute atomic E-state index is 12.6. The number of carbonyl (C=O) groups is 1. The molecule has 0 aliphatic carbocycles. The minimum atomic E-state index is 0.197. The lowest BCUT2D eigenvalue weighted by atomic mass is 10.2. The lowest BCUT2D eigenvalue weighted by Gasteiger charge is -2.34. The molecular weight excluding hydrogens is 310 g/mol. The smallest absolute Gasteiger partial charge is 0.228 e. The van der Waals surface area contributed by atoms with E-state index in [-0.39, 0.29) is 5.91 Å². The van der Waals surface area contributed by atoms with Gasteiger partial charge in [-0.3, -0.25) is 4.79 Å². The molecule has 1 fully saturated rings. The van der Waals surface area contributed by atoms with Crippen LogP contribution in [0, 0.1) is 0 Å². The normalized spacial score (nSPS) is 15.8. The summed E-state index contributed by atoms with van der Waals surface area (Å²) in [4.78, 5) is 16.9. The Morgan fingerprint density at radius 3 is 2.61 bits per heavy atom. The fraction of sp³-hybridized carbons (Fsp3) is 0.389. The Morgan fingerprint density at radius 2 is 1.91 bits per heavy atom. The van der Waals surface area contributed by atoms with Crippen LogP contribution in [0.2, 0.25) is 5.02 Å². The van der Waals surface area contributed by atoms with Gasteiger partial charge in [-0.1, -0.05) is 24.6 Å². The highest BCUT2D eigenvalue weighted by Crippen LogP contribution is 2.18. The van der Waals surface area contributed by atoms with Gasteiger partial charge in [0.25, 0.3) is 0 Å². The van der Waals surface area contributed by atoms with Crippen LogP contribution in [0.3, 0.4) is 0 Å². The van der Waals surface area contributed by atoms with Crippen molar-refractivity contribution in [3.05, 3.63) is 53.3 Å². The van der Waals surface area contributed by atoms with Gasteiger partial charge in [-0.25, -0.2) is 0 Å². The molecule has 1 aliphatic heterocycles. The second kappa shape index (κ2) is 7.20. The van der Waals surface area contributed by atoms with Crippen LogP contribution in [0.1, 0.15) is 12.6 Å². The molecule has 0 N–H and O–H groups in total. The van der Waals surface area contributed by atoms with Crippen molar-refractivity contribution >= 4 is 17.5 Å². The molecule has 0 radical (unpaired) electrons. The molecule has 1 aromatic carbocycles. The van der Waals surface area contributed by atoms with Gasteiger partial charge in [-0.05, 0) is 36.9 Å². The van der Waals surface area contributed by atoms with Crippen molar-refractivity contribution in [1.82, 2.24) is 14.4 Å². The highest BCUT2D eigenvalue weighted by atomic mass is 35.5. The van der Waals surface area contributed by atoms with E-state index in [1.165, 1.54) is 0 Å². The highest BCUT2D eigenvalue weighted by molar-refractivity contribution is 6.30. The zero-order valence-electron chi connectivity index (χ0n) is 13.4. The van der Waals surface area contributed by atoms with E-state index in [0.717, 1.165) is 44.1 Å². The van der Waals surface area contributed by atoms with Crippen LogP contribution in [0.25, 0.3) is 5.69 Å². The minimum absolute atomic E-state index is 0.197. The molecule has 1 saturated heterocycles. The van der Waals surface area contributed by atoms with Crippen molar-refractivity contribution in [2.45, 2.75) is 13.3 Å². The summed E-state index contributed by atoms with van der Waals surface area (Å²) < 4.78 is 2.03. The zero-order chi connectivity index (χ0) is 16.2. The number of piperazine rings is 1. The van der Waals surface area contributed by atoms with E-state index in [1.807, 2.05) is 52.1 Å². The third kappa shape index (κ3) is 3.77. The van der Waals surface area contributed by atoms with Crippen molar-refractivity contribution in [3.8, 4) is 5.69 Å². The van der Waals surface area contributed by atoms with Gasteiger partial charge in [-0.15, -0.1) is 0 Å². The average Bonchev–Trinajstić information content (AvgIpc) is 3.03. The zero-order valence-corrected chi connectivity index (χ0v) is 14.2. The van der Waals surface area contributed by atoms with Crippen molar-refractivity contribution in [2.24, 2.45) is 0 Å². The lowest BCUT2D eigenvalue weighted by Crippen LogP contribution is -2.49. The summed E-state index contributed by atoms with van der Waals surface area (Å²) in [5.41, 5.74) is 1.98. The molecule has 0 atom stereocenters. The monoisotopic (exact) mass is 331 g/mol. The molecule has 4 nitrogen and oxygen atoms in total. The van der Waals surface area contributed by atoms with Gasteiger partial charge in [-0.2, -0.15) is 0 Å². The molecule has 1 amide bonds. The van der Waals surface area contributed by atoms with Crippen LogP contribution in [-0.2, 0) is 11.2 Å². The summed E-state index contributed by atoms with van der Waals surface area (Å²) in [7, 11) is 0. The maximum atomic E-state index is 12.6. The molecule has 3 rings (SSSR count). The Kier molecular flexibility index (Phi) is 5.03. The third-order valence-electron chi connectivity index (χ3n) is 4.42. The van der Waals surface area contributed by atoms with E-state index in [4.69, 9.17) is 11.6 Å². The second-order valence-corrected chi connectivity index (χ2v) is 6.28. The highest BCUT2D eigenvalue weighted by Gasteiger charge is 2.21. The maximum Gasteiger partial charge on any atom is 0.228 e. The number of carbonyl (C=O) groups excluding carboxylic acids is 1. The van der Waals surface area contributed by atoms with Crippen LogP contribution in [0.4, 0.5) is 0 Å². The van der Waals surface area contributed by atoms with Crippen LogP contribution in [0.5, 0.6) is 0 Å². The van der Waals surface area contributed by atoms with E-state index in [2.05, 4.69) is 11.8 Å². The van der Waals surface area contributed by atoms with Crippen LogP contribution >= 0.6 is 11.6 Å². The molecule has 0 saturated carbocycles. The minimum Gasteiger partial charge on any atom is -0.340 e. The third-order valence-corrected chi connectivity index (χ3v) is 4.66. The Morgan fingerprint density at radius 1 is 1.13 bits per heavy atom. The number of rotatable bonds is 4. The van der Waals surface area contributed by atoms with Gasteiger partial charge in [0, 0.05) is 48.8 Å². The SMILES string of the molecule is CCN1CCN(C(=O)Cc2cccn2-c2cccc(Cl)c2)CC1. The summed E-state index contributed by atoms with van der Waals surface area (Å²) in [5, 5.41) is 0.698. The first-order valence-electron chi connectivity index (χ1n) is 8.09. The number of halogens is 1. The van der Waals surface area contributed by atoms with E-state index >= 15 is 0 Å². The standard InChI is InChI=1S/C18H22ClN3O/c1-2-20-9-11-21(12-10-20)18(23)14-17-7-4-8-22(17)16-6-3-5-15(19)13-16/h3-8,13H,2,9-12,14H2,1H3. The number of hydrogen-bond acceptors (Lipinski definition) is 2. The number of hydrogen-bond donors (Lipinski definition) is 0. The number of aromatic nitrogens is 1. The van der Waals surface area contributed by atoms with Crippen molar-refractivity contribution in [1.29, 1.82) is 0 Å². The van der Waals surface area contributed by atoms with E-state index in [0.29, 0.717) is 11.4 Å². The first kappa shape index (κ1) is 16.1. The molecule has 5 heteroatoms. The fourth-order valence-electron chi connectivity index (χ4n) is 3.02. The molecule has 1 aliphatic rings. The lowest BCUT2D eigenvalue weighted by molar-refractivity contribution is -0.132. The Labute approximate surface area is 142 Å². The van der Waals surface area contributed by atoms with Crippen molar-refractivity contribution < 1.29 is 4.79 Å². The summed E-state index contributed by atoms with van der Waals surface area (Å²) >= 11 is 6.08. The van der Waals surface area contributed by atoms with Gasteiger partial charge in [0.15, 0.2) is 0 Å². The molecule has 0 spiro atoms. The predicted molar refractivity (Wildman–Crippen MR) is 93.2 cm³/mol. The Hall–Kier alpha value is -1.78. The number of amides is 1.